The van der Waals surface area contributed by atoms with E-state index in [-0.39, 0.29) is 26.0 Å². The molecule has 0 saturated carbocycles. The van der Waals surface area contributed by atoms with Crippen molar-refractivity contribution in [2.75, 3.05) is 13.7 Å². The van der Waals surface area contributed by atoms with E-state index in [0.29, 0.717) is 34.4 Å². The Morgan fingerprint density at radius 2 is 1.29 bits per heavy atom. The van der Waals surface area contributed by atoms with Gasteiger partial charge >= 0.3 is 11.9 Å². The van der Waals surface area contributed by atoms with Crippen LogP contribution in [0.5, 0.6) is 0 Å². The number of rotatable bonds is 4. The summed E-state index contributed by atoms with van der Waals surface area (Å²) in [5.41, 5.74) is 8.99. The number of hydrogen-bond donors (Lipinski definition) is 0. The minimum Gasteiger partial charge on any atom is -0.465 e. The Morgan fingerprint density at radius 3 is 1.72 bits per heavy atom. The third kappa shape index (κ3) is 13.1. The van der Waals surface area contributed by atoms with Crippen molar-refractivity contribution in [2.45, 2.75) is 63.3 Å². The maximum atomic E-state index is 11.2. The Bertz CT molecular complexity index is 2350. The van der Waals surface area contributed by atoms with Gasteiger partial charge in [0, 0.05) is 38.7 Å². The van der Waals surface area contributed by atoms with Gasteiger partial charge in [0.05, 0.1) is 50.1 Å². The number of aryl methyl sites for hydroxylation is 7. The van der Waals surface area contributed by atoms with Crippen molar-refractivity contribution in [3.05, 3.63) is 116 Å². The van der Waals surface area contributed by atoms with Gasteiger partial charge in [-0.1, -0.05) is 68.4 Å². The average molecular weight is 840 g/mol. The molecule has 0 amide bonds. The zero-order valence-electron chi connectivity index (χ0n) is 33.7. The highest BCUT2D eigenvalue weighted by molar-refractivity contribution is 6.32. The van der Waals surface area contributed by atoms with Crippen LogP contribution in [-0.4, -0.2) is 84.6 Å². The van der Waals surface area contributed by atoms with Gasteiger partial charge in [-0.15, -0.1) is 10.2 Å². The molecule has 18 heteroatoms. The van der Waals surface area contributed by atoms with E-state index in [1.165, 1.54) is 33.9 Å². The number of halogens is 2. The minimum absolute atomic E-state index is 0. The Labute approximate surface area is 350 Å². The van der Waals surface area contributed by atoms with Crippen molar-refractivity contribution in [1.82, 2.24) is 58.9 Å². The number of methoxy groups -OCH3 is 1. The van der Waals surface area contributed by atoms with Crippen LogP contribution in [-0.2, 0) is 37.7 Å². The highest BCUT2D eigenvalue weighted by Gasteiger charge is 2.19. The average Bonchev–Trinajstić information content (AvgIpc) is 3.97. The van der Waals surface area contributed by atoms with Crippen molar-refractivity contribution in [3.63, 3.8) is 0 Å². The van der Waals surface area contributed by atoms with E-state index < -0.39 is 5.97 Å². The van der Waals surface area contributed by atoms with Crippen LogP contribution < -0.4 is 0 Å². The van der Waals surface area contributed by atoms with Gasteiger partial charge in [-0.05, 0) is 76.9 Å². The lowest BCUT2D eigenvalue weighted by Crippen LogP contribution is -2.06. The number of esters is 2. The van der Waals surface area contributed by atoms with Gasteiger partial charge in [-0.2, -0.15) is 20.1 Å². The molecule has 7 rings (SSSR count). The van der Waals surface area contributed by atoms with Crippen LogP contribution in [0.3, 0.4) is 0 Å². The summed E-state index contributed by atoms with van der Waals surface area (Å²) in [6.07, 6.45) is 5.21. The maximum Gasteiger partial charge on any atom is 0.342 e. The molecule has 0 unspecified atom stereocenters. The standard InChI is InChI=1S/C8H7ClN2.C8H12N2O2.C8H10.C7H9ClN2O2.C7H10N6.2CH4/c1-6-8(9)10-7-4-2-3-5-11(6)7;1-4-12-8(11)7-5-9-10(3)6(7)2;1-7-5-3-4-6-8(7)2;1-4-5(7(11)12-3)6(8)9-10(4)2;1-5-6(4-8-12(5)2)7-9-11-13(3)10-7;;/h2-5H,1H3;5H,4H2,1-3H3;3-6H,1-2H3;1-3H3;4H,1-3H3;2*1H4. The Morgan fingerprint density at radius 1 is 0.707 bits per heavy atom. The number of carbonyl (C=O) groups is 2. The van der Waals surface area contributed by atoms with Crippen molar-refractivity contribution in [1.29, 1.82) is 0 Å². The molecular weight excluding hydrogens is 783 g/mol. The highest BCUT2D eigenvalue weighted by atomic mass is 35.5. The molecule has 0 bridgehead atoms. The SMILES string of the molecule is C.C.CCOC(=O)c1cnn(C)c1C.COC(=O)c1c(Cl)nn(C)c1C.Cc1c(-c2nnn(C)n2)cnn1C.Cc1c(Cl)nc2ccccn12.Cc1ccccc1C. The molecule has 0 fully saturated rings. The number of aromatic nitrogens is 12. The van der Waals surface area contributed by atoms with Crippen molar-refractivity contribution in [3.8, 4) is 11.4 Å². The maximum absolute atomic E-state index is 11.2. The summed E-state index contributed by atoms with van der Waals surface area (Å²) in [6, 6.07) is 14.2. The first kappa shape index (κ1) is 50.1. The largest absolute Gasteiger partial charge is 0.465 e. The zero-order chi connectivity index (χ0) is 41.7. The monoisotopic (exact) mass is 838 g/mol. The lowest BCUT2D eigenvalue weighted by atomic mass is 10.1. The molecule has 0 aliphatic heterocycles. The molecule has 0 aliphatic rings. The lowest BCUT2D eigenvalue weighted by molar-refractivity contribution is 0.0524. The van der Waals surface area contributed by atoms with Gasteiger partial charge in [0.15, 0.2) is 10.3 Å². The number of imidazole rings is 1. The van der Waals surface area contributed by atoms with Crippen LogP contribution in [0.1, 0.15) is 76.4 Å². The number of tetrazole rings is 1. The van der Waals surface area contributed by atoms with Crippen molar-refractivity contribution in [2.24, 2.45) is 28.2 Å². The van der Waals surface area contributed by atoms with Crippen LogP contribution >= 0.6 is 23.2 Å². The first-order valence-corrected chi connectivity index (χ1v) is 18.0. The van der Waals surface area contributed by atoms with Crippen molar-refractivity contribution < 1.29 is 19.1 Å². The number of carbonyl (C=O) groups excluding carboxylic acids is 2. The Hall–Kier alpha value is -5.87. The molecule has 0 saturated heterocycles. The third-order valence-corrected chi connectivity index (χ3v) is 9.16. The fourth-order valence-corrected chi connectivity index (χ4v) is 5.18. The number of nitrogens with zero attached hydrogens (tertiary/aromatic N) is 12. The molecule has 0 radical (unpaired) electrons. The predicted octanol–water partition coefficient (Wildman–Crippen LogP) is 7.86. The Balaban J connectivity index is 0.000000362. The molecule has 7 aromatic rings. The number of hydrogen-bond acceptors (Lipinski definition) is 11. The van der Waals surface area contributed by atoms with Crippen LogP contribution in [0.4, 0.5) is 0 Å². The lowest BCUT2D eigenvalue weighted by Gasteiger charge is -1.99. The van der Waals surface area contributed by atoms with E-state index in [1.807, 2.05) is 56.6 Å². The summed E-state index contributed by atoms with van der Waals surface area (Å²) in [4.78, 5) is 27.9. The van der Waals surface area contributed by atoms with Gasteiger partial charge in [0.1, 0.15) is 16.8 Å². The first-order chi connectivity index (χ1) is 26.5. The van der Waals surface area contributed by atoms with E-state index in [1.54, 1.807) is 50.6 Å². The molecule has 0 spiro atoms. The molecular formula is C40H56Cl2N12O4. The zero-order valence-corrected chi connectivity index (χ0v) is 35.2. The molecule has 6 heterocycles. The van der Waals surface area contributed by atoms with Crippen LogP contribution in [0.25, 0.3) is 17.0 Å². The number of benzene rings is 1. The predicted molar refractivity (Wildman–Crippen MR) is 228 cm³/mol. The fraction of sp³-hybridized carbons (Fsp3) is 0.375. The summed E-state index contributed by atoms with van der Waals surface area (Å²) >= 11 is 11.5. The number of fused-ring (bicyclic) bond motifs is 1. The van der Waals surface area contributed by atoms with E-state index >= 15 is 0 Å². The smallest absolute Gasteiger partial charge is 0.342 e. The van der Waals surface area contributed by atoms with Gasteiger partial charge < -0.3 is 13.9 Å². The second kappa shape index (κ2) is 23.4. The number of ether oxygens (including phenoxy) is 2. The normalized spacial score (nSPS) is 9.83. The molecule has 0 atom stereocenters. The van der Waals surface area contributed by atoms with Crippen LogP contribution in [0, 0.1) is 41.5 Å². The second-order valence-electron chi connectivity index (χ2n) is 12.2. The van der Waals surface area contributed by atoms with Gasteiger partial charge in [-0.25, -0.2) is 14.6 Å². The summed E-state index contributed by atoms with van der Waals surface area (Å²) < 4.78 is 16.3. The van der Waals surface area contributed by atoms with Crippen LogP contribution in [0.15, 0.2) is 61.1 Å². The molecule has 16 nitrogen and oxygen atoms in total. The van der Waals surface area contributed by atoms with Gasteiger partial charge in [0.2, 0.25) is 5.82 Å². The summed E-state index contributed by atoms with van der Waals surface area (Å²) in [6.45, 7) is 13.9. The summed E-state index contributed by atoms with van der Waals surface area (Å²) in [5, 5.41) is 24.4. The third-order valence-electron chi connectivity index (χ3n) is 8.53. The van der Waals surface area contributed by atoms with Crippen molar-refractivity contribution >= 4 is 40.8 Å². The molecule has 0 aliphatic carbocycles. The highest BCUT2D eigenvalue weighted by Crippen LogP contribution is 2.19. The molecule has 0 N–H and O–H groups in total. The van der Waals surface area contributed by atoms with Gasteiger partial charge in [-0.3, -0.25) is 14.0 Å². The van der Waals surface area contributed by atoms with Gasteiger partial charge in [0.25, 0.3) is 0 Å². The van der Waals surface area contributed by atoms with Crippen LogP contribution in [0.2, 0.25) is 10.3 Å². The number of pyridine rings is 1. The molecule has 6 aromatic heterocycles. The second-order valence-corrected chi connectivity index (χ2v) is 12.9. The minimum atomic E-state index is -0.453. The molecule has 314 valence electrons. The Kier molecular flexibility index (Phi) is 20.2. The summed E-state index contributed by atoms with van der Waals surface area (Å²) in [5.74, 6) is -0.137. The van der Waals surface area contributed by atoms with E-state index in [2.05, 4.69) is 78.5 Å². The first-order valence-electron chi connectivity index (χ1n) is 17.3. The topological polar surface area (TPSA) is 167 Å². The van der Waals surface area contributed by atoms with E-state index in [9.17, 15) is 9.59 Å². The molecule has 1 aromatic carbocycles. The summed E-state index contributed by atoms with van der Waals surface area (Å²) in [7, 11) is 8.44. The molecule has 58 heavy (non-hydrogen) atoms. The van der Waals surface area contributed by atoms with E-state index in [0.717, 1.165) is 28.3 Å². The fourth-order valence-electron chi connectivity index (χ4n) is 4.67. The van der Waals surface area contributed by atoms with E-state index in [4.69, 9.17) is 27.9 Å². The quantitative estimate of drug-likeness (QED) is 0.158.